The normalized spacial score (nSPS) is 10.6. The molecule has 0 heterocycles. The number of carbonyl (C=O) groups is 2. The van der Waals surface area contributed by atoms with E-state index < -0.39 is 31.7 Å². The molecule has 0 rings (SSSR count). The average molecular weight is 400 g/mol. The topological polar surface area (TPSA) is 173 Å². The van der Waals surface area contributed by atoms with Gasteiger partial charge in [0.2, 0.25) is 11.8 Å². The van der Waals surface area contributed by atoms with Crippen molar-refractivity contribution >= 4 is 69.8 Å². The summed E-state index contributed by atoms with van der Waals surface area (Å²) in [4.78, 5) is 20.5. The zero-order valence-corrected chi connectivity index (χ0v) is 16.9. The molecule has 0 unspecified atom stereocenters. The van der Waals surface area contributed by atoms with E-state index >= 15 is 0 Å². The summed E-state index contributed by atoms with van der Waals surface area (Å²) < 4.78 is 60.0. The van der Waals surface area contributed by atoms with Crippen molar-refractivity contribution in [1.29, 1.82) is 0 Å². The summed E-state index contributed by atoms with van der Waals surface area (Å²) in [5.74, 6) is -1.30. The van der Waals surface area contributed by atoms with E-state index in [2.05, 4.69) is 10.6 Å². The average Bonchev–Trinajstić information content (AvgIpc) is 2.28. The van der Waals surface area contributed by atoms with Crippen LogP contribution in [-0.4, -0.2) is 100 Å². The first kappa shape index (κ1) is 27.8. The minimum Gasteiger partial charge on any atom is -0.748 e. The van der Waals surface area contributed by atoms with Crippen molar-refractivity contribution in [3.8, 4) is 0 Å². The van der Waals surface area contributed by atoms with Crippen LogP contribution in [0.3, 0.4) is 0 Å². The van der Waals surface area contributed by atoms with Crippen molar-refractivity contribution < 1.29 is 35.5 Å². The zero-order chi connectivity index (χ0) is 17.8. The molecule has 0 aromatic heterocycles. The Bertz CT molecular complexity index is 497. The third-order valence-electron chi connectivity index (χ3n) is 1.89. The number of rotatable bonds is 8. The smallest absolute Gasteiger partial charge is 0.748 e. The molecule has 0 aliphatic carbocycles. The van der Waals surface area contributed by atoms with Crippen molar-refractivity contribution in [2.24, 2.45) is 0 Å². The van der Waals surface area contributed by atoms with Gasteiger partial charge < -0.3 is 19.7 Å². The van der Waals surface area contributed by atoms with E-state index in [1.807, 2.05) is 0 Å². The first-order valence-electron chi connectivity index (χ1n) is 6.19. The molecule has 0 atom stereocenters. The monoisotopic (exact) mass is 400 g/mol. The first-order valence-corrected chi connectivity index (χ1v) is 9.35. The number of hydrogen-bond donors (Lipinski definition) is 2. The Labute approximate surface area is 166 Å². The Morgan fingerprint density at radius 3 is 1.22 bits per heavy atom. The van der Waals surface area contributed by atoms with E-state index in [1.165, 1.54) is 13.8 Å². The Balaban J connectivity index is -0.000000333. The standard InChI is InChI=1S/2C5H11NO4S.Ca/c2*1-5(7)6-3-2-4-11(8,9)10;/h2*2-4H2,1H3,(H,6,7)(H,8,9,10);/q;;+2/p-2. The molecule has 0 saturated carbocycles. The number of nitrogens with one attached hydrogen (secondary N) is 2. The summed E-state index contributed by atoms with van der Waals surface area (Å²) in [6.07, 6.45) is 0.344. The minimum absolute atomic E-state index is 0. The van der Waals surface area contributed by atoms with Gasteiger partial charge in [0.1, 0.15) is 0 Å². The maximum Gasteiger partial charge on any atom is 2.00 e. The van der Waals surface area contributed by atoms with Gasteiger partial charge in [-0.2, -0.15) is 0 Å². The van der Waals surface area contributed by atoms with Crippen LogP contribution >= 0.6 is 0 Å². The summed E-state index contributed by atoms with van der Waals surface area (Å²) in [5.41, 5.74) is 0. The molecule has 0 aliphatic heterocycles. The summed E-state index contributed by atoms with van der Waals surface area (Å²) in [7, 11) is -8.25. The third kappa shape index (κ3) is 34.4. The molecule has 0 radical (unpaired) electrons. The van der Waals surface area contributed by atoms with Gasteiger partial charge in [-0.3, -0.25) is 9.59 Å². The summed E-state index contributed by atoms with van der Waals surface area (Å²) in [5, 5.41) is 4.75. The molecule has 0 fully saturated rings. The van der Waals surface area contributed by atoms with Gasteiger partial charge in [0, 0.05) is 38.4 Å². The van der Waals surface area contributed by atoms with Gasteiger partial charge in [-0.25, -0.2) is 16.8 Å². The van der Waals surface area contributed by atoms with Gasteiger partial charge in [-0.05, 0) is 12.8 Å². The molecule has 0 aromatic carbocycles. The predicted octanol–water partition coefficient (Wildman–Crippen LogP) is -2.27. The first-order chi connectivity index (χ1) is 9.83. The van der Waals surface area contributed by atoms with Crippen LogP contribution in [-0.2, 0) is 29.8 Å². The van der Waals surface area contributed by atoms with Crippen molar-refractivity contribution in [3.05, 3.63) is 0 Å². The quantitative estimate of drug-likeness (QED) is 0.261. The van der Waals surface area contributed by atoms with E-state index in [4.69, 9.17) is 0 Å². The van der Waals surface area contributed by atoms with Gasteiger partial charge >= 0.3 is 37.7 Å². The van der Waals surface area contributed by atoms with Gasteiger partial charge in [-0.1, -0.05) is 0 Å². The van der Waals surface area contributed by atoms with Gasteiger partial charge in [0.05, 0.1) is 20.2 Å². The van der Waals surface area contributed by atoms with Crippen molar-refractivity contribution in [2.75, 3.05) is 24.6 Å². The second-order valence-corrected chi connectivity index (χ2v) is 7.24. The van der Waals surface area contributed by atoms with E-state index in [9.17, 15) is 35.5 Å². The van der Waals surface area contributed by atoms with E-state index in [-0.39, 0.29) is 75.5 Å². The van der Waals surface area contributed by atoms with Crippen LogP contribution in [0.1, 0.15) is 26.7 Å². The van der Waals surface area contributed by atoms with Crippen LogP contribution in [0.2, 0.25) is 0 Å². The zero-order valence-electron chi connectivity index (χ0n) is 13.0. The molecule has 0 aliphatic rings. The largest absolute Gasteiger partial charge is 2.00 e. The van der Waals surface area contributed by atoms with Crippen LogP contribution in [0.4, 0.5) is 0 Å². The summed E-state index contributed by atoms with van der Waals surface area (Å²) >= 11 is 0. The van der Waals surface area contributed by atoms with Gasteiger partial charge in [0.15, 0.2) is 0 Å². The SMILES string of the molecule is CC(=O)NCCCS(=O)(=O)[O-].CC(=O)NCCCS(=O)(=O)[O-].[Ca+2]. The van der Waals surface area contributed by atoms with E-state index in [1.54, 1.807) is 0 Å². The molecule has 10 nitrogen and oxygen atoms in total. The second-order valence-electron chi connectivity index (χ2n) is 4.20. The van der Waals surface area contributed by atoms with Crippen LogP contribution in [0.5, 0.6) is 0 Å². The number of carbonyl (C=O) groups excluding carboxylic acids is 2. The maximum absolute atomic E-state index is 10.2. The molecule has 0 aromatic rings. The molecular formula is C10H20CaN2O8S2. The molecule has 13 heteroatoms. The van der Waals surface area contributed by atoms with Crippen molar-refractivity contribution in [2.45, 2.75) is 26.7 Å². The second kappa shape index (κ2) is 14.4. The molecule has 2 amide bonds. The van der Waals surface area contributed by atoms with Crippen LogP contribution < -0.4 is 10.6 Å². The fourth-order valence-corrected chi connectivity index (χ4v) is 2.02. The fraction of sp³-hybridized carbons (Fsp3) is 0.800. The third-order valence-corrected chi connectivity index (χ3v) is 3.47. The Kier molecular flexibility index (Phi) is 17.4. The van der Waals surface area contributed by atoms with Crippen molar-refractivity contribution in [3.63, 3.8) is 0 Å². The van der Waals surface area contributed by atoms with Gasteiger partial charge in [0.25, 0.3) is 0 Å². The van der Waals surface area contributed by atoms with Gasteiger partial charge in [-0.15, -0.1) is 0 Å². The van der Waals surface area contributed by atoms with E-state index in [0.717, 1.165) is 0 Å². The summed E-state index contributed by atoms with van der Waals surface area (Å²) in [6, 6.07) is 0. The van der Waals surface area contributed by atoms with Crippen molar-refractivity contribution in [1.82, 2.24) is 10.6 Å². The molecule has 132 valence electrons. The molecular weight excluding hydrogens is 380 g/mol. The van der Waals surface area contributed by atoms with Crippen LogP contribution in [0.25, 0.3) is 0 Å². The number of hydrogen-bond acceptors (Lipinski definition) is 8. The molecule has 0 saturated heterocycles. The Hall–Kier alpha value is 0.0197. The number of amides is 2. The molecule has 2 N–H and O–H groups in total. The van der Waals surface area contributed by atoms with E-state index in [0.29, 0.717) is 0 Å². The molecule has 23 heavy (non-hydrogen) atoms. The summed E-state index contributed by atoms with van der Waals surface area (Å²) in [6.45, 7) is 3.12. The Morgan fingerprint density at radius 1 is 0.783 bits per heavy atom. The fourth-order valence-electron chi connectivity index (χ4n) is 1.03. The maximum atomic E-state index is 10.2. The minimum atomic E-state index is -4.12. The molecule has 0 bridgehead atoms. The van der Waals surface area contributed by atoms with Crippen LogP contribution in [0, 0.1) is 0 Å². The predicted molar refractivity (Wildman–Crippen MR) is 81.5 cm³/mol. The van der Waals surface area contributed by atoms with Crippen LogP contribution in [0.15, 0.2) is 0 Å². The molecule has 0 spiro atoms. The Morgan fingerprint density at radius 2 is 1.04 bits per heavy atom.